The predicted octanol–water partition coefficient (Wildman–Crippen LogP) is 4.03. The third kappa shape index (κ3) is 21.9. The van der Waals surface area contributed by atoms with E-state index in [1.807, 2.05) is 0 Å². The molecule has 0 rings (SSSR count). The van der Waals surface area contributed by atoms with Crippen LogP contribution in [0.25, 0.3) is 0 Å². The average Bonchev–Trinajstić information content (AvgIpc) is 2.86. The molecule has 0 aliphatic heterocycles. The molecule has 0 saturated carbocycles. The quantitative estimate of drug-likeness (QED) is 0.123. The van der Waals surface area contributed by atoms with E-state index in [9.17, 15) is 9.59 Å². The summed E-state index contributed by atoms with van der Waals surface area (Å²) in [5, 5.41) is 2.92. The number of amides is 1. The molecule has 8 heteroatoms. The van der Waals surface area contributed by atoms with Crippen LogP contribution in [0.5, 0.6) is 0 Å². The highest BCUT2D eigenvalue weighted by molar-refractivity contribution is 5.75. The normalized spacial score (nSPS) is 13.0. The first-order valence-electron chi connectivity index (χ1n) is 13.9. The summed E-state index contributed by atoms with van der Waals surface area (Å²) < 4.78 is 21.5. The lowest BCUT2D eigenvalue weighted by Gasteiger charge is -2.33. The Kier molecular flexibility index (Phi) is 25.2. The number of rotatable bonds is 28. The van der Waals surface area contributed by atoms with E-state index in [1.165, 1.54) is 44.9 Å². The van der Waals surface area contributed by atoms with Gasteiger partial charge in [-0.25, -0.2) is 0 Å². The van der Waals surface area contributed by atoms with Gasteiger partial charge < -0.3 is 34.8 Å². The molecule has 1 amide bonds. The molecule has 1 atom stereocenters. The van der Waals surface area contributed by atoms with Crippen molar-refractivity contribution in [2.75, 3.05) is 65.9 Å². The molecule has 0 aliphatic rings. The van der Waals surface area contributed by atoms with Gasteiger partial charge in [0.25, 0.3) is 0 Å². The van der Waals surface area contributed by atoms with E-state index in [4.69, 9.17) is 24.7 Å². The highest BCUT2D eigenvalue weighted by Gasteiger charge is 2.26. The summed E-state index contributed by atoms with van der Waals surface area (Å²) in [4.78, 5) is 22.2. The van der Waals surface area contributed by atoms with Crippen LogP contribution >= 0.6 is 0 Å². The third-order valence-corrected chi connectivity index (χ3v) is 6.20. The number of ether oxygens (including phenoxy) is 4. The van der Waals surface area contributed by atoms with E-state index in [-0.39, 0.29) is 5.91 Å². The standard InChI is InChI=1S/C27H54N2O6/c1-3-5-8-13-27(25-28,12-4-2)14-9-6-7-11-26(31)29-15-18-33-20-22-35-24-23-34-21-19-32-17-10-16-30/h16H,3-15,17-25,28H2,1-2H3,(H,29,31). The maximum atomic E-state index is 12.0. The molecule has 0 fully saturated rings. The highest BCUT2D eigenvalue weighted by Crippen LogP contribution is 2.35. The number of aldehydes is 1. The van der Waals surface area contributed by atoms with E-state index in [2.05, 4.69) is 19.2 Å². The van der Waals surface area contributed by atoms with E-state index < -0.39 is 0 Å². The molecule has 208 valence electrons. The molecular formula is C27H54N2O6. The Morgan fingerprint density at radius 2 is 1.31 bits per heavy atom. The monoisotopic (exact) mass is 502 g/mol. The first-order valence-corrected chi connectivity index (χ1v) is 13.9. The number of hydrogen-bond acceptors (Lipinski definition) is 7. The highest BCUT2D eigenvalue weighted by atomic mass is 16.6. The van der Waals surface area contributed by atoms with Crippen LogP contribution in [-0.4, -0.2) is 78.1 Å². The summed E-state index contributed by atoms with van der Waals surface area (Å²) in [5.74, 6) is 0.0960. The first-order chi connectivity index (χ1) is 17.1. The zero-order chi connectivity index (χ0) is 25.9. The summed E-state index contributed by atoms with van der Waals surface area (Å²) in [7, 11) is 0. The summed E-state index contributed by atoms with van der Waals surface area (Å²) in [6.45, 7) is 9.68. The zero-order valence-electron chi connectivity index (χ0n) is 22.7. The number of nitrogens with one attached hydrogen (secondary N) is 1. The van der Waals surface area contributed by atoms with Crippen LogP contribution in [0.15, 0.2) is 0 Å². The molecule has 0 aromatic carbocycles. The van der Waals surface area contributed by atoms with Crippen LogP contribution in [0, 0.1) is 5.41 Å². The molecule has 0 spiro atoms. The van der Waals surface area contributed by atoms with Crippen molar-refractivity contribution in [1.82, 2.24) is 5.32 Å². The fourth-order valence-corrected chi connectivity index (χ4v) is 4.17. The minimum atomic E-state index is 0.0960. The smallest absolute Gasteiger partial charge is 0.220 e. The van der Waals surface area contributed by atoms with Crippen molar-refractivity contribution in [1.29, 1.82) is 0 Å². The molecule has 0 heterocycles. The van der Waals surface area contributed by atoms with Crippen molar-refractivity contribution in [3.05, 3.63) is 0 Å². The van der Waals surface area contributed by atoms with Gasteiger partial charge in [0, 0.05) is 19.4 Å². The van der Waals surface area contributed by atoms with Crippen LogP contribution in [0.4, 0.5) is 0 Å². The molecular weight excluding hydrogens is 448 g/mol. The first kappa shape index (κ1) is 33.9. The molecule has 0 bridgehead atoms. The van der Waals surface area contributed by atoms with Gasteiger partial charge in [0.05, 0.1) is 52.9 Å². The lowest BCUT2D eigenvalue weighted by Crippen LogP contribution is -2.30. The number of unbranched alkanes of at least 4 members (excludes halogenated alkanes) is 4. The Bertz CT molecular complexity index is 481. The van der Waals surface area contributed by atoms with Crippen LogP contribution < -0.4 is 11.1 Å². The van der Waals surface area contributed by atoms with E-state index in [0.717, 1.165) is 32.1 Å². The molecule has 0 saturated heterocycles. The van der Waals surface area contributed by atoms with Crippen molar-refractivity contribution in [3.8, 4) is 0 Å². The third-order valence-electron chi connectivity index (χ3n) is 6.20. The maximum absolute atomic E-state index is 12.0. The SMILES string of the molecule is CCCCCC(CN)(CCC)CCCCCC(=O)NCCOCCOCCOCCOCCC=O. The van der Waals surface area contributed by atoms with Gasteiger partial charge in [0.1, 0.15) is 6.29 Å². The summed E-state index contributed by atoms with van der Waals surface area (Å²) in [6.07, 6.45) is 13.6. The second-order valence-corrected chi connectivity index (χ2v) is 9.23. The molecule has 8 nitrogen and oxygen atoms in total. The molecule has 0 aliphatic carbocycles. The van der Waals surface area contributed by atoms with Crippen molar-refractivity contribution >= 4 is 12.2 Å². The molecule has 0 radical (unpaired) electrons. The summed E-state index contributed by atoms with van der Waals surface area (Å²) in [5.41, 5.74) is 6.48. The Morgan fingerprint density at radius 3 is 1.86 bits per heavy atom. The Labute approximate surface area is 214 Å². The predicted molar refractivity (Wildman–Crippen MR) is 141 cm³/mol. The average molecular weight is 503 g/mol. The second-order valence-electron chi connectivity index (χ2n) is 9.23. The Hall–Kier alpha value is -1.06. The lowest BCUT2D eigenvalue weighted by molar-refractivity contribution is -0.121. The fraction of sp³-hybridized carbons (Fsp3) is 0.926. The largest absolute Gasteiger partial charge is 0.379 e. The number of carbonyl (C=O) groups excluding carboxylic acids is 2. The summed E-state index contributed by atoms with van der Waals surface area (Å²) in [6, 6.07) is 0. The van der Waals surface area contributed by atoms with Gasteiger partial charge in [0.15, 0.2) is 0 Å². The lowest BCUT2D eigenvalue weighted by atomic mass is 9.74. The minimum absolute atomic E-state index is 0.0960. The van der Waals surface area contributed by atoms with Gasteiger partial charge in [-0.05, 0) is 37.6 Å². The van der Waals surface area contributed by atoms with E-state index in [1.54, 1.807) is 0 Å². The molecule has 35 heavy (non-hydrogen) atoms. The Morgan fingerprint density at radius 1 is 0.743 bits per heavy atom. The number of nitrogens with two attached hydrogens (primary N) is 1. The molecule has 1 unspecified atom stereocenters. The second kappa shape index (κ2) is 26.0. The Balaban J connectivity index is 3.55. The molecule has 3 N–H and O–H groups in total. The van der Waals surface area contributed by atoms with Gasteiger partial charge in [-0.1, -0.05) is 52.4 Å². The summed E-state index contributed by atoms with van der Waals surface area (Å²) >= 11 is 0. The number of hydrogen-bond donors (Lipinski definition) is 2. The number of carbonyl (C=O) groups is 2. The molecule has 0 aromatic rings. The van der Waals surface area contributed by atoms with Gasteiger partial charge in [-0.3, -0.25) is 4.79 Å². The fourth-order valence-electron chi connectivity index (χ4n) is 4.17. The van der Waals surface area contributed by atoms with E-state index >= 15 is 0 Å². The van der Waals surface area contributed by atoms with Crippen LogP contribution in [0.1, 0.15) is 90.9 Å². The van der Waals surface area contributed by atoms with Crippen molar-refractivity contribution in [2.45, 2.75) is 90.9 Å². The van der Waals surface area contributed by atoms with Crippen LogP contribution in [0.3, 0.4) is 0 Å². The minimum Gasteiger partial charge on any atom is -0.379 e. The van der Waals surface area contributed by atoms with Crippen molar-refractivity contribution in [3.63, 3.8) is 0 Å². The van der Waals surface area contributed by atoms with Crippen LogP contribution in [0.2, 0.25) is 0 Å². The topological polar surface area (TPSA) is 109 Å². The van der Waals surface area contributed by atoms with Gasteiger partial charge in [-0.15, -0.1) is 0 Å². The van der Waals surface area contributed by atoms with Gasteiger partial charge in [0.2, 0.25) is 5.91 Å². The van der Waals surface area contributed by atoms with Crippen LogP contribution in [-0.2, 0) is 28.5 Å². The van der Waals surface area contributed by atoms with Crippen molar-refractivity contribution in [2.24, 2.45) is 11.1 Å². The maximum Gasteiger partial charge on any atom is 0.220 e. The van der Waals surface area contributed by atoms with Crippen molar-refractivity contribution < 1.29 is 28.5 Å². The molecule has 0 aromatic heterocycles. The van der Waals surface area contributed by atoms with Gasteiger partial charge >= 0.3 is 0 Å². The van der Waals surface area contributed by atoms with E-state index in [0.29, 0.717) is 77.7 Å². The van der Waals surface area contributed by atoms with Gasteiger partial charge in [-0.2, -0.15) is 0 Å². The zero-order valence-corrected chi connectivity index (χ0v) is 22.7.